The van der Waals surface area contributed by atoms with Crippen LogP contribution in [0, 0.1) is 0 Å². The molecule has 1 rings (SSSR count). The van der Waals surface area contributed by atoms with E-state index in [1.54, 1.807) is 0 Å². The van der Waals surface area contributed by atoms with Crippen molar-refractivity contribution in [2.75, 3.05) is 20.1 Å². The summed E-state index contributed by atoms with van der Waals surface area (Å²) >= 11 is 0. The maximum Gasteiger partial charge on any atom is 0.321 e. The molecule has 7 heteroatoms. The lowest BCUT2D eigenvalue weighted by Gasteiger charge is -2.15. The summed E-state index contributed by atoms with van der Waals surface area (Å²) in [7, 11) is 1.50. The fraction of sp³-hybridized carbons (Fsp3) is 0.727. The number of nitrogens with zero attached hydrogens (tertiary/aromatic N) is 1. The van der Waals surface area contributed by atoms with Crippen LogP contribution in [0.1, 0.15) is 25.7 Å². The van der Waals surface area contributed by atoms with Gasteiger partial charge in [-0.2, -0.15) is 0 Å². The molecule has 1 fully saturated rings. The highest BCUT2D eigenvalue weighted by atomic mass is 16.4. The number of imide groups is 1. The number of carboxylic acids is 1. The van der Waals surface area contributed by atoms with Gasteiger partial charge in [0.1, 0.15) is 0 Å². The van der Waals surface area contributed by atoms with Crippen molar-refractivity contribution in [2.24, 2.45) is 0 Å². The zero-order valence-corrected chi connectivity index (χ0v) is 10.4. The number of hydrogen-bond donors (Lipinski definition) is 3. The summed E-state index contributed by atoms with van der Waals surface area (Å²) in [5.41, 5.74) is 0. The second kappa shape index (κ2) is 6.95. The van der Waals surface area contributed by atoms with E-state index in [-0.39, 0.29) is 19.1 Å². The van der Waals surface area contributed by atoms with Gasteiger partial charge >= 0.3 is 12.0 Å². The van der Waals surface area contributed by atoms with Crippen molar-refractivity contribution in [1.29, 1.82) is 0 Å². The number of carbonyl (C=O) groups is 3. The molecule has 18 heavy (non-hydrogen) atoms. The average molecular weight is 257 g/mol. The number of likely N-dealkylation sites (N-methyl/N-ethyl adjacent to an activating group) is 1. The van der Waals surface area contributed by atoms with Gasteiger partial charge in [-0.25, -0.2) is 4.79 Å². The molecule has 102 valence electrons. The molecule has 3 amide bonds. The van der Waals surface area contributed by atoms with Crippen LogP contribution in [-0.4, -0.2) is 54.1 Å². The lowest BCUT2D eigenvalue weighted by Crippen LogP contribution is -2.47. The molecule has 1 aliphatic carbocycles. The smallest absolute Gasteiger partial charge is 0.321 e. The Hall–Kier alpha value is -1.63. The van der Waals surface area contributed by atoms with Crippen LogP contribution in [0.15, 0.2) is 0 Å². The van der Waals surface area contributed by atoms with Gasteiger partial charge in [0.25, 0.3) is 0 Å². The number of hydrogen-bond acceptors (Lipinski definition) is 4. The molecule has 0 heterocycles. The Kier molecular flexibility index (Phi) is 5.57. The number of nitrogens with one attached hydrogen (secondary N) is 2. The monoisotopic (exact) mass is 257 g/mol. The predicted octanol–water partition coefficient (Wildman–Crippen LogP) is -0.229. The molecule has 0 bridgehead atoms. The van der Waals surface area contributed by atoms with Crippen LogP contribution < -0.4 is 10.6 Å². The van der Waals surface area contributed by atoms with Crippen LogP contribution in [0.5, 0.6) is 0 Å². The molecule has 0 aromatic rings. The molecule has 0 aromatic carbocycles. The summed E-state index contributed by atoms with van der Waals surface area (Å²) in [5.74, 6) is -1.52. The molecule has 7 nitrogen and oxygen atoms in total. The second-order valence-corrected chi connectivity index (χ2v) is 4.57. The first-order valence-corrected chi connectivity index (χ1v) is 5.98. The van der Waals surface area contributed by atoms with E-state index in [1.165, 1.54) is 11.9 Å². The summed E-state index contributed by atoms with van der Waals surface area (Å²) in [4.78, 5) is 34.6. The minimum atomic E-state index is -1.01. The van der Waals surface area contributed by atoms with Crippen LogP contribution in [0.4, 0.5) is 4.79 Å². The number of amides is 3. The molecule has 0 spiro atoms. The third kappa shape index (κ3) is 5.62. The van der Waals surface area contributed by atoms with Crippen LogP contribution in [0.3, 0.4) is 0 Å². The predicted molar refractivity (Wildman–Crippen MR) is 64.1 cm³/mol. The average Bonchev–Trinajstić information content (AvgIpc) is 2.67. The van der Waals surface area contributed by atoms with Crippen molar-refractivity contribution in [3.8, 4) is 0 Å². The minimum absolute atomic E-state index is 0.121. The Morgan fingerprint density at radius 2 is 1.83 bits per heavy atom. The quantitative estimate of drug-likeness (QED) is 0.632. The van der Waals surface area contributed by atoms with E-state index in [0.717, 1.165) is 25.7 Å². The molecule has 0 aliphatic heterocycles. The summed E-state index contributed by atoms with van der Waals surface area (Å²) < 4.78 is 0. The molecule has 0 saturated heterocycles. The number of carboxylic acid groups (broad SMARTS) is 1. The van der Waals surface area contributed by atoms with Crippen LogP contribution >= 0.6 is 0 Å². The first-order valence-electron chi connectivity index (χ1n) is 5.98. The minimum Gasteiger partial charge on any atom is -0.480 e. The van der Waals surface area contributed by atoms with Gasteiger partial charge in [-0.15, -0.1) is 0 Å². The highest BCUT2D eigenvalue weighted by Gasteiger charge is 2.18. The van der Waals surface area contributed by atoms with E-state index in [2.05, 4.69) is 10.6 Å². The number of carbonyl (C=O) groups excluding carboxylic acids is 2. The highest BCUT2D eigenvalue weighted by Crippen LogP contribution is 2.17. The van der Waals surface area contributed by atoms with Gasteiger partial charge in [0.15, 0.2) is 0 Å². The normalized spacial score (nSPS) is 15.7. The van der Waals surface area contributed by atoms with Gasteiger partial charge in [0, 0.05) is 6.04 Å². The Bertz CT molecular complexity index is 326. The summed E-state index contributed by atoms with van der Waals surface area (Å²) in [5, 5.41) is 13.4. The van der Waals surface area contributed by atoms with E-state index in [9.17, 15) is 14.4 Å². The number of urea groups is 1. The topological polar surface area (TPSA) is 98.7 Å². The van der Waals surface area contributed by atoms with Crippen molar-refractivity contribution in [3.05, 3.63) is 0 Å². The van der Waals surface area contributed by atoms with Crippen LogP contribution in [0.2, 0.25) is 0 Å². The van der Waals surface area contributed by atoms with Gasteiger partial charge in [-0.05, 0) is 19.9 Å². The third-order valence-corrected chi connectivity index (χ3v) is 2.76. The zero-order chi connectivity index (χ0) is 13.5. The maximum atomic E-state index is 11.4. The van der Waals surface area contributed by atoms with Crippen molar-refractivity contribution < 1.29 is 19.5 Å². The maximum absolute atomic E-state index is 11.4. The molecule has 0 aromatic heterocycles. The molecule has 0 unspecified atom stereocenters. The molecule has 0 atom stereocenters. The van der Waals surface area contributed by atoms with Crippen molar-refractivity contribution in [2.45, 2.75) is 31.7 Å². The standard InChI is InChI=1S/C11H19N3O4/c1-14(7-10(16)17)6-9(15)13-11(18)12-8-4-2-3-5-8/h8H,2-7H2,1H3,(H,16,17)(H2,12,13,15,18). The molecule has 1 saturated carbocycles. The largest absolute Gasteiger partial charge is 0.480 e. The summed E-state index contributed by atoms with van der Waals surface area (Å²) in [6, 6.07) is -0.356. The molecule has 0 radical (unpaired) electrons. The van der Waals surface area contributed by atoms with Gasteiger partial charge in [-0.1, -0.05) is 12.8 Å². The Morgan fingerprint density at radius 3 is 2.39 bits per heavy atom. The number of rotatable bonds is 5. The lowest BCUT2D eigenvalue weighted by molar-refractivity contribution is -0.138. The molecule has 1 aliphatic rings. The molecular formula is C11H19N3O4. The molecule has 3 N–H and O–H groups in total. The Balaban J connectivity index is 2.22. The third-order valence-electron chi connectivity index (χ3n) is 2.76. The fourth-order valence-corrected chi connectivity index (χ4v) is 1.99. The summed E-state index contributed by atoms with van der Waals surface area (Å²) in [6.45, 7) is -0.359. The fourth-order valence-electron chi connectivity index (χ4n) is 1.99. The van der Waals surface area contributed by atoms with E-state index < -0.39 is 17.9 Å². The van der Waals surface area contributed by atoms with Crippen molar-refractivity contribution in [3.63, 3.8) is 0 Å². The number of aliphatic carboxylic acids is 1. The summed E-state index contributed by atoms with van der Waals surface area (Å²) in [6.07, 6.45) is 4.08. The Labute approximate surface area is 106 Å². The van der Waals surface area contributed by atoms with E-state index >= 15 is 0 Å². The Morgan fingerprint density at radius 1 is 1.22 bits per heavy atom. The SMILES string of the molecule is CN(CC(=O)O)CC(=O)NC(=O)NC1CCCC1. The second-order valence-electron chi connectivity index (χ2n) is 4.57. The van der Waals surface area contributed by atoms with Gasteiger partial charge in [-0.3, -0.25) is 19.8 Å². The van der Waals surface area contributed by atoms with E-state index in [4.69, 9.17) is 5.11 Å². The van der Waals surface area contributed by atoms with Gasteiger partial charge in [0.05, 0.1) is 13.1 Å². The van der Waals surface area contributed by atoms with Gasteiger partial charge in [0.2, 0.25) is 5.91 Å². The van der Waals surface area contributed by atoms with E-state index in [1.807, 2.05) is 0 Å². The van der Waals surface area contributed by atoms with Crippen molar-refractivity contribution in [1.82, 2.24) is 15.5 Å². The zero-order valence-electron chi connectivity index (χ0n) is 10.4. The lowest BCUT2D eigenvalue weighted by atomic mass is 10.2. The first-order chi connectivity index (χ1) is 8.47. The van der Waals surface area contributed by atoms with E-state index in [0.29, 0.717) is 0 Å². The van der Waals surface area contributed by atoms with Crippen molar-refractivity contribution >= 4 is 17.9 Å². The first kappa shape index (κ1) is 14.4. The van der Waals surface area contributed by atoms with Crippen LogP contribution in [0.25, 0.3) is 0 Å². The highest BCUT2D eigenvalue weighted by molar-refractivity contribution is 5.95. The van der Waals surface area contributed by atoms with Crippen LogP contribution in [-0.2, 0) is 9.59 Å². The van der Waals surface area contributed by atoms with Gasteiger partial charge < -0.3 is 10.4 Å². The molecular weight excluding hydrogens is 238 g/mol.